The lowest BCUT2D eigenvalue weighted by Crippen LogP contribution is -2.55. The first-order chi connectivity index (χ1) is 12.4. The van der Waals surface area contributed by atoms with Crippen molar-refractivity contribution in [3.8, 4) is 5.75 Å². The van der Waals surface area contributed by atoms with Crippen LogP contribution in [0.3, 0.4) is 0 Å². The summed E-state index contributed by atoms with van der Waals surface area (Å²) in [5.41, 5.74) is -0.555. The van der Waals surface area contributed by atoms with E-state index < -0.39 is 17.5 Å². The zero-order valence-electron chi connectivity index (χ0n) is 15.2. The lowest BCUT2D eigenvalue weighted by Gasteiger charge is -2.34. The van der Waals surface area contributed by atoms with Crippen molar-refractivity contribution in [1.82, 2.24) is 20.4 Å². The van der Waals surface area contributed by atoms with Gasteiger partial charge in [-0.3, -0.25) is 14.5 Å². The average Bonchev–Trinajstić information content (AvgIpc) is 2.86. The SMILES string of the molecule is COc1ccc(C2(C)NC(=O)N(CC(=O)N3CCNC[C@H]3C)C2=O)cc1. The van der Waals surface area contributed by atoms with Crippen molar-refractivity contribution in [3.63, 3.8) is 0 Å². The van der Waals surface area contributed by atoms with Gasteiger partial charge in [0.1, 0.15) is 17.8 Å². The zero-order valence-corrected chi connectivity index (χ0v) is 15.2. The van der Waals surface area contributed by atoms with E-state index in [1.807, 2.05) is 6.92 Å². The molecule has 2 saturated heterocycles. The van der Waals surface area contributed by atoms with Crippen molar-refractivity contribution in [1.29, 1.82) is 0 Å². The predicted molar refractivity (Wildman–Crippen MR) is 94.6 cm³/mol. The second kappa shape index (κ2) is 6.95. The number of rotatable bonds is 4. The van der Waals surface area contributed by atoms with Crippen LogP contribution in [0.2, 0.25) is 0 Å². The van der Waals surface area contributed by atoms with Gasteiger partial charge in [-0.25, -0.2) is 4.79 Å². The smallest absolute Gasteiger partial charge is 0.325 e. The van der Waals surface area contributed by atoms with Gasteiger partial charge >= 0.3 is 6.03 Å². The minimum atomic E-state index is -1.20. The number of ether oxygens (including phenoxy) is 1. The number of benzene rings is 1. The molecule has 2 atom stereocenters. The molecule has 0 radical (unpaired) electrons. The van der Waals surface area contributed by atoms with E-state index in [0.717, 1.165) is 4.90 Å². The summed E-state index contributed by atoms with van der Waals surface area (Å²) in [6.07, 6.45) is 0. The van der Waals surface area contributed by atoms with E-state index in [-0.39, 0.29) is 18.5 Å². The number of nitrogens with zero attached hydrogens (tertiary/aromatic N) is 2. The van der Waals surface area contributed by atoms with E-state index in [1.165, 1.54) is 0 Å². The van der Waals surface area contributed by atoms with Crippen LogP contribution in [0.25, 0.3) is 0 Å². The number of carbonyl (C=O) groups is 3. The highest BCUT2D eigenvalue weighted by Crippen LogP contribution is 2.30. The van der Waals surface area contributed by atoms with Crippen LogP contribution < -0.4 is 15.4 Å². The molecular formula is C18H24N4O4. The third-order valence-corrected chi connectivity index (χ3v) is 5.06. The monoisotopic (exact) mass is 360 g/mol. The number of urea groups is 1. The highest BCUT2D eigenvalue weighted by atomic mass is 16.5. The van der Waals surface area contributed by atoms with Crippen LogP contribution in [0, 0.1) is 0 Å². The Labute approximate surface area is 152 Å². The van der Waals surface area contributed by atoms with E-state index in [0.29, 0.717) is 30.9 Å². The molecule has 8 heteroatoms. The quantitative estimate of drug-likeness (QED) is 0.753. The topological polar surface area (TPSA) is 91.0 Å². The van der Waals surface area contributed by atoms with Crippen molar-refractivity contribution in [2.24, 2.45) is 0 Å². The molecule has 1 aromatic rings. The molecule has 2 N–H and O–H groups in total. The van der Waals surface area contributed by atoms with Gasteiger partial charge in [0.15, 0.2) is 0 Å². The average molecular weight is 360 g/mol. The molecule has 3 rings (SSSR count). The molecule has 0 spiro atoms. The van der Waals surface area contributed by atoms with Crippen LogP contribution in [0.5, 0.6) is 5.75 Å². The number of imide groups is 1. The fourth-order valence-electron chi connectivity index (χ4n) is 3.40. The van der Waals surface area contributed by atoms with Crippen LogP contribution in [0.1, 0.15) is 19.4 Å². The number of piperazine rings is 1. The van der Waals surface area contributed by atoms with Crippen molar-refractivity contribution >= 4 is 17.8 Å². The first-order valence-corrected chi connectivity index (χ1v) is 8.65. The van der Waals surface area contributed by atoms with Crippen LogP contribution in [0.4, 0.5) is 4.79 Å². The Morgan fingerprint density at radius 2 is 2.00 bits per heavy atom. The highest BCUT2D eigenvalue weighted by Gasteiger charge is 2.49. The molecule has 0 bridgehead atoms. The fourth-order valence-corrected chi connectivity index (χ4v) is 3.40. The first kappa shape index (κ1) is 18.2. The summed E-state index contributed by atoms with van der Waals surface area (Å²) in [6, 6.07) is 6.42. The molecule has 1 aromatic carbocycles. The molecule has 0 aliphatic carbocycles. The van der Waals surface area contributed by atoms with Gasteiger partial charge in [-0.15, -0.1) is 0 Å². The Bertz CT molecular complexity index is 720. The molecule has 2 heterocycles. The van der Waals surface area contributed by atoms with Gasteiger partial charge in [0.05, 0.1) is 7.11 Å². The minimum absolute atomic E-state index is 0.0324. The first-order valence-electron chi connectivity index (χ1n) is 8.65. The van der Waals surface area contributed by atoms with Crippen molar-refractivity contribution in [2.75, 3.05) is 33.3 Å². The van der Waals surface area contributed by atoms with Gasteiger partial charge in [-0.05, 0) is 31.5 Å². The molecule has 140 valence electrons. The number of hydrogen-bond donors (Lipinski definition) is 2. The van der Waals surface area contributed by atoms with Crippen LogP contribution in [0.15, 0.2) is 24.3 Å². The van der Waals surface area contributed by atoms with E-state index in [2.05, 4.69) is 10.6 Å². The van der Waals surface area contributed by atoms with Crippen LogP contribution >= 0.6 is 0 Å². The predicted octanol–water partition coefficient (Wildman–Crippen LogP) is 0.283. The summed E-state index contributed by atoms with van der Waals surface area (Å²) in [5.74, 6) is 0.0131. The summed E-state index contributed by atoms with van der Waals surface area (Å²) >= 11 is 0. The largest absolute Gasteiger partial charge is 0.497 e. The minimum Gasteiger partial charge on any atom is -0.497 e. The second-order valence-corrected chi connectivity index (χ2v) is 6.82. The summed E-state index contributed by atoms with van der Waals surface area (Å²) < 4.78 is 5.13. The van der Waals surface area contributed by atoms with Gasteiger partial charge in [-0.2, -0.15) is 0 Å². The maximum Gasteiger partial charge on any atom is 0.325 e. The van der Waals surface area contributed by atoms with E-state index in [9.17, 15) is 14.4 Å². The number of hydrogen-bond acceptors (Lipinski definition) is 5. The van der Waals surface area contributed by atoms with Crippen LogP contribution in [-0.4, -0.2) is 67.0 Å². The summed E-state index contributed by atoms with van der Waals surface area (Å²) in [6.45, 7) is 5.32. The molecule has 1 unspecified atom stereocenters. The van der Waals surface area contributed by atoms with Crippen molar-refractivity contribution < 1.29 is 19.1 Å². The van der Waals surface area contributed by atoms with Crippen LogP contribution in [-0.2, 0) is 15.1 Å². The Hall–Kier alpha value is -2.61. The van der Waals surface area contributed by atoms with Gasteiger partial charge < -0.3 is 20.3 Å². The number of carbonyl (C=O) groups excluding carboxylic acids is 3. The number of nitrogens with one attached hydrogen (secondary N) is 2. The van der Waals surface area contributed by atoms with Gasteiger partial charge in [0.25, 0.3) is 5.91 Å². The zero-order chi connectivity index (χ0) is 18.9. The molecule has 2 aliphatic heterocycles. The Morgan fingerprint density at radius 3 is 2.62 bits per heavy atom. The molecule has 4 amide bonds. The van der Waals surface area contributed by atoms with E-state index in [4.69, 9.17) is 4.74 Å². The molecule has 0 saturated carbocycles. The van der Waals surface area contributed by atoms with E-state index >= 15 is 0 Å². The molecule has 0 aromatic heterocycles. The molecule has 8 nitrogen and oxygen atoms in total. The van der Waals surface area contributed by atoms with Crippen molar-refractivity contribution in [3.05, 3.63) is 29.8 Å². The summed E-state index contributed by atoms with van der Waals surface area (Å²) in [4.78, 5) is 40.6. The standard InChI is InChI=1S/C18H24N4O4/c1-12-10-19-8-9-21(12)15(23)11-22-16(24)18(2,20-17(22)25)13-4-6-14(26-3)7-5-13/h4-7,12,19H,8-11H2,1-3H3,(H,20,25)/t12-,18?/m1/s1. The fraction of sp³-hybridized carbons (Fsp3) is 0.500. The Morgan fingerprint density at radius 1 is 1.31 bits per heavy atom. The van der Waals surface area contributed by atoms with Gasteiger partial charge in [0.2, 0.25) is 5.91 Å². The molecule has 2 fully saturated rings. The van der Waals surface area contributed by atoms with Gasteiger partial charge in [0, 0.05) is 25.7 Å². The lowest BCUT2D eigenvalue weighted by molar-refractivity contribution is -0.140. The summed E-state index contributed by atoms with van der Waals surface area (Å²) in [7, 11) is 1.56. The molecule has 2 aliphatic rings. The lowest BCUT2D eigenvalue weighted by atomic mass is 9.92. The third kappa shape index (κ3) is 3.12. The summed E-state index contributed by atoms with van der Waals surface area (Å²) in [5, 5.41) is 5.93. The van der Waals surface area contributed by atoms with Gasteiger partial charge in [-0.1, -0.05) is 12.1 Å². The number of methoxy groups -OCH3 is 1. The Kier molecular flexibility index (Phi) is 4.86. The molecular weight excluding hydrogens is 336 g/mol. The van der Waals surface area contributed by atoms with Crippen molar-refractivity contribution in [2.45, 2.75) is 25.4 Å². The number of amides is 4. The normalized spacial score (nSPS) is 26.0. The Balaban J connectivity index is 1.76. The maximum absolute atomic E-state index is 12.9. The third-order valence-electron chi connectivity index (χ3n) is 5.06. The molecule has 26 heavy (non-hydrogen) atoms. The second-order valence-electron chi connectivity index (χ2n) is 6.82. The highest BCUT2D eigenvalue weighted by molar-refractivity contribution is 6.09. The maximum atomic E-state index is 12.9. The van der Waals surface area contributed by atoms with E-state index in [1.54, 1.807) is 43.2 Å².